The van der Waals surface area contributed by atoms with Crippen molar-refractivity contribution in [2.75, 3.05) is 0 Å². The molecule has 3 nitrogen and oxygen atoms in total. The molecule has 0 spiro atoms. The van der Waals surface area contributed by atoms with E-state index in [4.69, 9.17) is 23.1 Å². The molecule has 20 heavy (non-hydrogen) atoms. The Labute approximate surface area is 123 Å². The van der Waals surface area contributed by atoms with E-state index >= 15 is 0 Å². The Morgan fingerprint density at radius 1 is 1.10 bits per heavy atom. The van der Waals surface area contributed by atoms with E-state index in [9.17, 15) is 4.79 Å². The van der Waals surface area contributed by atoms with Crippen LogP contribution in [0, 0.1) is 0 Å². The van der Waals surface area contributed by atoms with Gasteiger partial charge in [0.1, 0.15) is 6.04 Å². The van der Waals surface area contributed by atoms with E-state index in [0.29, 0.717) is 4.86 Å². The molecule has 0 heterocycles. The molecule has 0 radical (unpaired) electrons. The minimum absolute atomic E-state index is 0.262. The molecule has 2 rings (SSSR count). The lowest BCUT2D eigenvalue weighted by Crippen LogP contribution is -2.32. The number of hydrogen-bond acceptors (Lipinski definition) is 3. The lowest BCUT2D eigenvalue weighted by molar-refractivity contribution is -0.138. The van der Waals surface area contributed by atoms with Crippen LogP contribution in [0.4, 0.5) is 0 Å². The number of hydrogen-bond donors (Lipinski definition) is 2. The van der Waals surface area contributed by atoms with E-state index in [0.717, 1.165) is 16.7 Å². The fourth-order valence-corrected chi connectivity index (χ4v) is 2.32. The maximum atomic E-state index is 10.9. The van der Waals surface area contributed by atoms with Crippen LogP contribution in [0.3, 0.4) is 0 Å². The van der Waals surface area contributed by atoms with Crippen LogP contribution in [0.25, 0.3) is 0 Å². The summed E-state index contributed by atoms with van der Waals surface area (Å²) in [5, 5.41) is 8.93. The first-order valence-electron chi connectivity index (χ1n) is 6.25. The lowest BCUT2D eigenvalue weighted by Gasteiger charge is -2.13. The van der Waals surface area contributed by atoms with Crippen LogP contribution in [-0.2, 0) is 11.2 Å². The van der Waals surface area contributed by atoms with Crippen molar-refractivity contribution in [2.45, 2.75) is 12.5 Å². The number of rotatable bonds is 5. The predicted octanol–water partition coefficient (Wildman–Crippen LogP) is 2.41. The summed E-state index contributed by atoms with van der Waals surface area (Å²) in [7, 11) is 0. The molecule has 0 saturated carbocycles. The topological polar surface area (TPSA) is 63.3 Å². The number of nitrogens with two attached hydrogens (primary N) is 1. The molecule has 102 valence electrons. The molecule has 3 N–H and O–H groups in total. The number of carboxylic acid groups (broad SMARTS) is 1. The highest BCUT2D eigenvalue weighted by atomic mass is 32.1. The highest BCUT2D eigenvalue weighted by molar-refractivity contribution is 7.81. The monoisotopic (exact) mass is 285 g/mol. The molecule has 1 unspecified atom stereocenters. The van der Waals surface area contributed by atoms with Crippen molar-refractivity contribution in [2.24, 2.45) is 5.73 Å². The summed E-state index contributed by atoms with van der Waals surface area (Å²) in [5.41, 5.74) is 8.28. The quantitative estimate of drug-likeness (QED) is 0.654. The van der Waals surface area contributed by atoms with Gasteiger partial charge in [-0.3, -0.25) is 4.79 Å². The number of carboxylic acids is 1. The third kappa shape index (κ3) is 3.29. The molecule has 0 aliphatic rings. The fraction of sp³-hybridized carbons (Fsp3) is 0.125. The van der Waals surface area contributed by atoms with Crippen LogP contribution in [0.5, 0.6) is 0 Å². The summed E-state index contributed by atoms with van der Waals surface area (Å²) in [4.78, 5) is 11.6. The van der Waals surface area contributed by atoms with Crippen LogP contribution in [-0.4, -0.2) is 22.0 Å². The summed E-state index contributed by atoms with van der Waals surface area (Å²) in [6, 6.07) is 16.3. The summed E-state index contributed by atoms with van der Waals surface area (Å²) in [6.45, 7) is 0. The van der Waals surface area contributed by atoms with Crippen molar-refractivity contribution < 1.29 is 9.90 Å². The summed E-state index contributed by atoms with van der Waals surface area (Å²) in [6.07, 6.45) is 0.262. The lowest BCUT2D eigenvalue weighted by atomic mass is 9.95. The molecular formula is C16H15NO2S. The van der Waals surface area contributed by atoms with E-state index in [2.05, 4.69) is 0 Å². The maximum Gasteiger partial charge on any atom is 0.320 e. The van der Waals surface area contributed by atoms with Crippen LogP contribution in [0.2, 0.25) is 0 Å². The molecule has 0 fully saturated rings. The highest BCUT2D eigenvalue weighted by Crippen LogP contribution is 2.17. The van der Waals surface area contributed by atoms with E-state index in [1.807, 2.05) is 54.6 Å². The molecule has 0 aliphatic heterocycles. The Bertz CT molecular complexity index is 625. The third-order valence-electron chi connectivity index (χ3n) is 3.05. The van der Waals surface area contributed by atoms with Crippen molar-refractivity contribution in [1.82, 2.24) is 0 Å². The SMILES string of the molecule is NC(Cc1ccccc1C(=S)c1ccccc1)C(=O)O. The van der Waals surface area contributed by atoms with Gasteiger partial charge in [0.25, 0.3) is 0 Å². The fourth-order valence-electron chi connectivity index (χ4n) is 1.99. The smallest absolute Gasteiger partial charge is 0.320 e. The first-order chi connectivity index (χ1) is 9.59. The zero-order chi connectivity index (χ0) is 14.5. The average molecular weight is 285 g/mol. The average Bonchev–Trinajstić information content (AvgIpc) is 2.48. The van der Waals surface area contributed by atoms with Gasteiger partial charge in [-0.2, -0.15) is 0 Å². The second kappa shape index (κ2) is 6.41. The second-order valence-corrected chi connectivity index (χ2v) is 4.91. The van der Waals surface area contributed by atoms with E-state index in [1.165, 1.54) is 0 Å². The Morgan fingerprint density at radius 3 is 2.35 bits per heavy atom. The highest BCUT2D eigenvalue weighted by Gasteiger charge is 2.16. The molecule has 0 amide bonds. The van der Waals surface area contributed by atoms with Gasteiger partial charge in [0.05, 0.1) is 4.86 Å². The van der Waals surface area contributed by atoms with E-state index < -0.39 is 12.0 Å². The maximum absolute atomic E-state index is 10.9. The number of thiocarbonyl (C=S) groups is 1. The zero-order valence-corrected chi connectivity index (χ0v) is 11.6. The molecule has 2 aromatic carbocycles. The van der Waals surface area contributed by atoms with Crippen molar-refractivity contribution in [1.29, 1.82) is 0 Å². The van der Waals surface area contributed by atoms with Gasteiger partial charge in [-0.25, -0.2) is 0 Å². The van der Waals surface area contributed by atoms with Crippen LogP contribution in [0.1, 0.15) is 16.7 Å². The Hall–Kier alpha value is -2.04. The van der Waals surface area contributed by atoms with Gasteiger partial charge >= 0.3 is 5.97 Å². The van der Waals surface area contributed by atoms with Crippen molar-refractivity contribution >= 4 is 23.1 Å². The van der Waals surface area contributed by atoms with Gasteiger partial charge < -0.3 is 10.8 Å². The van der Waals surface area contributed by atoms with Gasteiger partial charge in [-0.15, -0.1) is 0 Å². The van der Waals surface area contributed by atoms with Crippen molar-refractivity contribution in [3.8, 4) is 0 Å². The molecule has 2 aromatic rings. The van der Waals surface area contributed by atoms with Crippen LogP contribution < -0.4 is 5.73 Å². The summed E-state index contributed by atoms with van der Waals surface area (Å²) in [5.74, 6) is -1.01. The van der Waals surface area contributed by atoms with Crippen LogP contribution >= 0.6 is 12.2 Å². The Morgan fingerprint density at radius 2 is 1.70 bits per heavy atom. The minimum atomic E-state index is -1.01. The molecule has 0 aromatic heterocycles. The molecule has 0 saturated heterocycles. The zero-order valence-electron chi connectivity index (χ0n) is 10.8. The first-order valence-corrected chi connectivity index (χ1v) is 6.66. The van der Waals surface area contributed by atoms with E-state index in [1.54, 1.807) is 0 Å². The van der Waals surface area contributed by atoms with Gasteiger partial charge in [0, 0.05) is 0 Å². The summed E-state index contributed by atoms with van der Waals surface area (Å²) < 4.78 is 0. The Kier molecular flexibility index (Phi) is 4.61. The predicted molar refractivity (Wildman–Crippen MR) is 83.0 cm³/mol. The molecular weight excluding hydrogens is 270 g/mol. The number of benzene rings is 2. The standard InChI is InChI=1S/C16H15NO2S/c17-14(16(18)19)10-12-8-4-5-9-13(12)15(20)11-6-2-1-3-7-11/h1-9,14H,10,17H2,(H,18,19). The summed E-state index contributed by atoms with van der Waals surface area (Å²) >= 11 is 5.50. The normalized spacial score (nSPS) is 11.8. The number of carbonyl (C=O) groups is 1. The second-order valence-electron chi connectivity index (χ2n) is 4.50. The molecule has 0 aliphatic carbocycles. The van der Waals surface area contributed by atoms with Crippen molar-refractivity contribution in [3.05, 3.63) is 71.3 Å². The third-order valence-corrected chi connectivity index (χ3v) is 3.51. The minimum Gasteiger partial charge on any atom is -0.480 e. The first kappa shape index (κ1) is 14.4. The van der Waals surface area contributed by atoms with Gasteiger partial charge in [-0.05, 0) is 23.1 Å². The van der Waals surface area contributed by atoms with Crippen molar-refractivity contribution in [3.63, 3.8) is 0 Å². The van der Waals surface area contributed by atoms with E-state index in [-0.39, 0.29) is 6.42 Å². The van der Waals surface area contributed by atoms with Crippen LogP contribution in [0.15, 0.2) is 54.6 Å². The molecule has 1 atom stereocenters. The largest absolute Gasteiger partial charge is 0.480 e. The van der Waals surface area contributed by atoms with Gasteiger partial charge in [0.15, 0.2) is 0 Å². The number of aliphatic carboxylic acids is 1. The molecule has 4 heteroatoms. The Balaban J connectivity index is 2.33. The van der Waals surface area contributed by atoms with Gasteiger partial charge in [0.2, 0.25) is 0 Å². The van der Waals surface area contributed by atoms with Gasteiger partial charge in [-0.1, -0.05) is 66.8 Å². The molecule has 0 bridgehead atoms.